The number of anilines is 1. The maximum absolute atomic E-state index is 11.8. The van der Waals surface area contributed by atoms with Gasteiger partial charge in [0.25, 0.3) is 11.8 Å². The molecule has 0 bridgehead atoms. The molecule has 0 saturated carbocycles. The minimum atomic E-state index is -0.796. The number of rotatable bonds is 1. The van der Waals surface area contributed by atoms with Gasteiger partial charge in [-0.25, -0.2) is 4.79 Å². The van der Waals surface area contributed by atoms with Crippen LogP contribution in [-0.4, -0.2) is 30.4 Å². The lowest BCUT2D eigenvalue weighted by atomic mass is 9.88. The Kier molecular flexibility index (Phi) is 3.55. The van der Waals surface area contributed by atoms with Gasteiger partial charge in [-0.05, 0) is 50.1 Å². The van der Waals surface area contributed by atoms with Gasteiger partial charge in [0.15, 0.2) is 0 Å². The van der Waals surface area contributed by atoms with Gasteiger partial charge < -0.3 is 4.90 Å². The molecule has 3 rings (SSSR count). The van der Waals surface area contributed by atoms with E-state index >= 15 is 0 Å². The largest absolute Gasteiger partial charge is 0.366 e. The van der Waals surface area contributed by atoms with Gasteiger partial charge in [-0.2, -0.15) is 0 Å². The summed E-state index contributed by atoms with van der Waals surface area (Å²) in [5.74, 6) is -1.38. The van der Waals surface area contributed by atoms with Crippen molar-refractivity contribution in [2.75, 3.05) is 11.9 Å². The molecular weight excluding hydrogens is 306 g/mol. The highest BCUT2D eigenvalue weighted by molar-refractivity contribution is 6.31. The van der Waals surface area contributed by atoms with Crippen molar-refractivity contribution in [1.29, 1.82) is 0 Å². The highest BCUT2D eigenvalue weighted by atomic mass is 16.2. The molecule has 1 fully saturated rings. The third kappa shape index (κ3) is 2.60. The normalized spacial score (nSPS) is 19.3. The number of amides is 4. The molecule has 4 amide bonds. The van der Waals surface area contributed by atoms with Gasteiger partial charge in [-0.1, -0.05) is 12.1 Å². The lowest BCUT2D eigenvalue weighted by Crippen LogP contribution is -2.51. The Morgan fingerprint density at radius 2 is 1.71 bits per heavy atom. The number of benzene rings is 1. The Labute approximate surface area is 140 Å². The first-order valence-electron chi connectivity index (χ1n) is 7.65. The summed E-state index contributed by atoms with van der Waals surface area (Å²) in [7, 11) is 2.04. The SMILES string of the molecule is CC1=CC(C)(C)N(C)c2ccc(C=C3C(=O)NC(=O)NC3=O)cc21. The fourth-order valence-electron chi connectivity index (χ4n) is 3.04. The average molecular weight is 325 g/mol. The molecule has 0 spiro atoms. The van der Waals surface area contributed by atoms with Crippen molar-refractivity contribution < 1.29 is 14.4 Å². The summed E-state index contributed by atoms with van der Waals surface area (Å²) < 4.78 is 0. The number of fused-ring (bicyclic) bond motifs is 1. The van der Waals surface area contributed by atoms with Gasteiger partial charge >= 0.3 is 6.03 Å². The van der Waals surface area contributed by atoms with Crippen molar-refractivity contribution in [2.45, 2.75) is 26.3 Å². The number of barbiturate groups is 1. The van der Waals surface area contributed by atoms with Crippen LogP contribution in [0.25, 0.3) is 11.6 Å². The van der Waals surface area contributed by atoms with Crippen LogP contribution < -0.4 is 15.5 Å². The summed E-state index contributed by atoms with van der Waals surface area (Å²) >= 11 is 0. The van der Waals surface area contributed by atoms with E-state index in [2.05, 4.69) is 35.5 Å². The van der Waals surface area contributed by atoms with Crippen molar-refractivity contribution in [3.8, 4) is 0 Å². The fourth-order valence-corrected chi connectivity index (χ4v) is 3.04. The molecule has 2 aliphatic rings. The number of carbonyl (C=O) groups is 3. The molecule has 0 aliphatic carbocycles. The molecule has 1 aromatic rings. The summed E-state index contributed by atoms with van der Waals surface area (Å²) in [5.41, 5.74) is 3.85. The number of allylic oxidation sites excluding steroid dienone is 1. The van der Waals surface area contributed by atoms with Crippen LogP contribution in [0.4, 0.5) is 10.5 Å². The van der Waals surface area contributed by atoms with Crippen LogP contribution in [0.15, 0.2) is 29.8 Å². The van der Waals surface area contributed by atoms with Crippen LogP contribution in [-0.2, 0) is 9.59 Å². The molecule has 6 nitrogen and oxygen atoms in total. The van der Waals surface area contributed by atoms with E-state index in [1.807, 2.05) is 32.2 Å². The Hall–Kier alpha value is -2.89. The van der Waals surface area contributed by atoms with Crippen LogP contribution in [0, 0.1) is 0 Å². The first kappa shape index (κ1) is 16.0. The zero-order valence-electron chi connectivity index (χ0n) is 14.1. The molecule has 2 N–H and O–H groups in total. The van der Waals surface area contributed by atoms with E-state index in [1.165, 1.54) is 6.08 Å². The van der Waals surface area contributed by atoms with Gasteiger partial charge in [0.05, 0.1) is 5.54 Å². The predicted octanol–water partition coefficient (Wildman–Crippen LogP) is 2.07. The Bertz CT molecular complexity index is 812. The molecule has 24 heavy (non-hydrogen) atoms. The summed E-state index contributed by atoms with van der Waals surface area (Å²) in [6.45, 7) is 6.33. The Morgan fingerprint density at radius 3 is 2.33 bits per heavy atom. The van der Waals surface area contributed by atoms with E-state index < -0.39 is 17.8 Å². The van der Waals surface area contributed by atoms with Gasteiger partial charge in [0, 0.05) is 18.3 Å². The lowest BCUT2D eigenvalue weighted by Gasteiger charge is -2.40. The number of urea groups is 1. The topological polar surface area (TPSA) is 78.5 Å². The molecule has 1 saturated heterocycles. The number of carbonyl (C=O) groups excluding carboxylic acids is 3. The van der Waals surface area contributed by atoms with Gasteiger partial charge in [-0.3, -0.25) is 20.2 Å². The zero-order valence-corrected chi connectivity index (χ0v) is 14.1. The molecule has 2 aliphatic heterocycles. The van der Waals surface area contributed by atoms with Gasteiger partial charge in [0.1, 0.15) is 5.57 Å². The highest BCUT2D eigenvalue weighted by Crippen LogP contribution is 2.38. The lowest BCUT2D eigenvalue weighted by molar-refractivity contribution is -0.123. The summed E-state index contributed by atoms with van der Waals surface area (Å²) in [5, 5.41) is 4.14. The number of hydrogen-bond acceptors (Lipinski definition) is 4. The number of likely N-dealkylation sites (N-methyl/N-ethyl adjacent to an activating group) is 1. The van der Waals surface area contributed by atoms with E-state index in [0.717, 1.165) is 22.4 Å². The monoisotopic (exact) mass is 325 g/mol. The first-order chi connectivity index (χ1) is 11.2. The fraction of sp³-hybridized carbons (Fsp3) is 0.278. The molecule has 6 heteroatoms. The van der Waals surface area contributed by atoms with E-state index in [4.69, 9.17) is 0 Å². The first-order valence-corrected chi connectivity index (χ1v) is 7.65. The van der Waals surface area contributed by atoms with Gasteiger partial charge in [0.2, 0.25) is 0 Å². The molecular formula is C18H19N3O3. The third-order valence-electron chi connectivity index (χ3n) is 4.50. The molecule has 2 heterocycles. The smallest absolute Gasteiger partial charge is 0.328 e. The second-order valence-electron chi connectivity index (χ2n) is 6.61. The van der Waals surface area contributed by atoms with Crippen LogP contribution >= 0.6 is 0 Å². The number of nitrogens with zero attached hydrogens (tertiary/aromatic N) is 1. The second kappa shape index (κ2) is 5.33. The molecule has 0 atom stereocenters. The number of hydrogen-bond donors (Lipinski definition) is 2. The summed E-state index contributed by atoms with van der Waals surface area (Å²) in [6.07, 6.45) is 3.68. The van der Waals surface area contributed by atoms with Crippen molar-refractivity contribution in [2.24, 2.45) is 0 Å². The second-order valence-corrected chi connectivity index (χ2v) is 6.61. The zero-order chi connectivity index (χ0) is 17.6. The molecule has 1 aromatic carbocycles. The quantitative estimate of drug-likeness (QED) is 0.612. The van der Waals surface area contributed by atoms with Crippen LogP contribution in [0.5, 0.6) is 0 Å². The minimum Gasteiger partial charge on any atom is -0.366 e. The van der Waals surface area contributed by atoms with Crippen LogP contribution in [0.3, 0.4) is 0 Å². The molecule has 0 unspecified atom stereocenters. The van der Waals surface area contributed by atoms with Gasteiger partial charge in [-0.15, -0.1) is 0 Å². The maximum Gasteiger partial charge on any atom is 0.328 e. The standard InChI is InChI=1S/C18H19N3O3/c1-10-9-18(2,3)21(4)14-6-5-11(7-12(10)14)8-13-15(22)19-17(24)20-16(13)23/h5-9H,1-4H3,(H2,19,20,22,23,24). The van der Waals surface area contributed by atoms with Crippen molar-refractivity contribution >= 4 is 35.2 Å². The van der Waals surface area contributed by atoms with E-state index in [0.29, 0.717) is 0 Å². The third-order valence-corrected chi connectivity index (χ3v) is 4.50. The molecule has 0 radical (unpaired) electrons. The van der Waals surface area contributed by atoms with Crippen molar-refractivity contribution in [3.05, 3.63) is 41.0 Å². The molecule has 0 aromatic heterocycles. The summed E-state index contributed by atoms with van der Waals surface area (Å²) in [6, 6.07) is 4.98. The van der Waals surface area contributed by atoms with E-state index in [1.54, 1.807) is 0 Å². The molecule has 124 valence electrons. The Balaban J connectivity index is 2.03. The van der Waals surface area contributed by atoms with Crippen LogP contribution in [0.2, 0.25) is 0 Å². The Morgan fingerprint density at radius 1 is 1.08 bits per heavy atom. The highest BCUT2D eigenvalue weighted by Gasteiger charge is 2.30. The number of nitrogens with one attached hydrogen (secondary N) is 2. The van der Waals surface area contributed by atoms with Crippen molar-refractivity contribution in [3.63, 3.8) is 0 Å². The maximum atomic E-state index is 11.8. The van der Waals surface area contributed by atoms with Crippen LogP contribution in [0.1, 0.15) is 31.9 Å². The van der Waals surface area contributed by atoms with E-state index in [9.17, 15) is 14.4 Å². The van der Waals surface area contributed by atoms with Crippen molar-refractivity contribution in [1.82, 2.24) is 10.6 Å². The van der Waals surface area contributed by atoms with E-state index in [-0.39, 0.29) is 11.1 Å². The average Bonchev–Trinajstić information content (AvgIpc) is 2.48. The number of imide groups is 2. The minimum absolute atomic E-state index is 0.0827. The summed E-state index contributed by atoms with van der Waals surface area (Å²) in [4.78, 5) is 37.0. The predicted molar refractivity (Wildman–Crippen MR) is 92.2 cm³/mol.